The van der Waals surface area contributed by atoms with Crippen molar-refractivity contribution >= 4 is 36.5 Å². The van der Waals surface area contributed by atoms with E-state index in [0.717, 1.165) is 29.5 Å². The summed E-state index contributed by atoms with van der Waals surface area (Å²) in [5.74, 6) is -2.06. The van der Waals surface area contributed by atoms with Gasteiger partial charge in [-0.05, 0) is 85.8 Å². The third kappa shape index (κ3) is 6.30. The topological polar surface area (TPSA) is 109 Å². The highest BCUT2D eigenvalue weighted by atomic mass is 32.1. The van der Waals surface area contributed by atoms with Gasteiger partial charge in [0.2, 0.25) is 5.91 Å². The highest BCUT2D eigenvalue weighted by molar-refractivity contribution is 7.80. The molecule has 0 aromatic heterocycles. The molecule has 11 heteroatoms. The van der Waals surface area contributed by atoms with E-state index >= 15 is 0 Å². The number of fused-ring (bicyclic) bond motifs is 3. The summed E-state index contributed by atoms with van der Waals surface area (Å²) in [5.41, 5.74) is 2.58. The molecule has 2 aliphatic carbocycles. The largest absolute Gasteiger partial charge is 0.411 e. The van der Waals surface area contributed by atoms with Crippen molar-refractivity contribution in [2.24, 2.45) is 16.5 Å². The molecule has 2 aromatic rings. The molecule has 4 atom stereocenters. The number of carbonyl (C=O) groups excluding carboxylic acids is 1. The van der Waals surface area contributed by atoms with Crippen LogP contribution in [0.5, 0.6) is 0 Å². The first kappa shape index (κ1) is 33.2. The molecule has 0 spiro atoms. The van der Waals surface area contributed by atoms with Crippen molar-refractivity contribution in [1.29, 1.82) is 0 Å². The van der Waals surface area contributed by atoms with Crippen molar-refractivity contribution in [2.45, 2.75) is 84.3 Å². The van der Waals surface area contributed by atoms with Crippen molar-refractivity contribution in [2.75, 3.05) is 13.2 Å². The summed E-state index contributed by atoms with van der Waals surface area (Å²) < 4.78 is 39.9. The van der Waals surface area contributed by atoms with Crippen LogP contribution in [-0.4, -0.2) is 35.2 Å². The molecule has 3 N–H and O–H groups in total. The number of hydrogen-bond acceptors (Lipinski definition) is 7. The molecule has 4 rings (SSSR count). The molecule has 234 valence electrons. The predicted octanol–water partition coefficient (Wildman–Crippen LogP) is 7.55. The van der Waals surface area contributed by atoms with Gasteiger partial charge >= 0.3 is 7.60 Å². The van der Waals surface area contributed by atoms with Crippen LogP contribution in [0.15, 0.2) is 47.6 Å². The van der Waals surface area contributed by atoms with Crippen LogP contribution in [0, 0.1) is 17.2 Å². The number of nitrogens with zero attached hydrogens (tertiary/aromatic N) is 1. The van der Waals surface area contributed by atoms with Crippen LogP contribution in [0.4, 0.5) is 4.39 Å². The van der Waals surface area contributed by atoms with Gasteiger partial charge in [-0.3, -0.25) is 9.36 Å². The van der Waals surface area contributed by atoms with Gasteiger partial charge in [0.05, 0.1) is 24.3 Å². The zero-order valence-corrected chi connectivity index (χ0v) is 27.5. The molecule has 0 radical (unpaired) electrons. The second-order valence-corrected chi connectivity index (χ2v) is 14.7. The number of hydrogen-bond donors (Lipinski definition) is 3. The summed E-state index contributed by atoms with van der Waals surface area (Å²) >= 11 is 5.57. The Bertz CT molecular complexity index is 1440. The minimum Gasteiger partial charge on any atom is -0.411 e. The van der Waals surface area contributed by atoms with Gasteiger partial charge in [-0.25, -0.2) is 4.39 Å². The molecule has 8 nitrogen and oxygen atoms in total. The Balaban J connectivity index is 1.65. The Morgan fingerprint density at radius 2 is 1.84 bits per heavy atom. The number of carbonyl (C=O) groups is 1. The third-order valence-electron chi connectivity index (χ3n) is 9.23. The lowest BCUT2D eigenvalue weighted by Gasteiger charge is -2.54. The lowest BCUT2D eigenvalue weighted by Crippen LogP contribution is -2.58. The van der Waals surface area contributed by atoms with Crippen LogP contribution < -0.4 is 10.6 Å². The van der Waals surface area contributed by atoms with Crippen LogP contribution in [0.25, 0.3) is 0 Å². The maximum Gasteiger partial charge on any atom is 0.357 e. The number of amides is 1. The fourth-order valence-electron chi connectivity index (χ4n) is 6.95. The first-order chi connectivity index (χ1) is 20.3. The van der Waals surface area contributed by atoms with E-state index in [4.69, 9.17) is 21.3 Å². The predicted molar refractivity (Wildman–Crippen MR) is 170 cm³/mol. The number of thiocarbonyl (C=S) groups is 1. The van der Waals surface area contributed by atoms with Gasteiger partial charge in [0, 0.05) is 11.1 Å². The third-order valence-corrected chi connectivity index (χ3v) is 11.7. The molecule has 1 amide bonds. The summed E-state index contributed by atoms with van der Waals surface area (Å²) in [6, 6.07) is 12.2. The zero-order valence-electron chi connectivity index (χ0n) is 25.8. The van der Waals surface area contributed by atoms with Gasteiger partial charge in [-0.15, -0.1) is 0 Å². The van der Waals surface area contributed by atoms with Crippen LogP contribution in [-0.2, 0) is 23.8 Å². The van der Waals surface area contributed by atoms with Crippen LogP contribution in [0.2, 0.25) is 0 Å². The Hall–Kier alpha value is -2.65. The standard InChI is InChI=1S/C32H43FN3O5PS/c1-7-40-42(39,41-8-2)28(22-12-9-10-13-25(22)33)34-30(43)35-29(37)32(6)17-11-16-31(5)24-15-14-21(20(3)4)18-23(24)26(36-38)19-27(31)32/h9-10,12-15,18,20,27-28,38H,7-8,11,16-17,19H2,1-6H3,(H2,34,35,37,43)/b36-26-/t27-,28?,31-,32-/m1/s1. The average Bonchev–Trinajstić information content (AvgIpc) is 2.96. The van der Waals surface area contributed by atoms with E-state index in [9.17, 15) is 19.0 Å². The molecule has 1 saturated carbocycles. The second-order valence-electron chi connectivity index (χ2n) is 12.2. The first-order valence-electron chi connectivity index (χ1n) is 15.0. The first-order valence-corrected chi connectivity index (χ1v) is 17.0. The van der Waals surface area contributed by atoms with E-state index in [1.165, 1.54) is 18.2 Å². The molecule has 2 aromatic carbocycles. The van der Waals surface area contributed by atoms with Gasteiger partial charge in [-0.1, -0.05) is 69.6 Å². The van der Waals surface area contributed by atoms with Crippen LogP contribution in [0.1, 0.15) is 101 Å². The summed E-state index contributed by atoms with van der Waals surface area (Å²) in [7, 11) is -3.95. The Kier molecular flexibility index (Phi) is 10.2. The van der Waals surface area contributed by atoms with Crippen molar-refractivity contribution in [1.82, 2.24) is 10.6 Å². The lowest BCUT2D eigenvalue weighted by atomic mass is 9.49. The molecule has 0 heterocycles. The zero-order chi connectivity index (χ0) is 31.6. The Morgan fingerprint density at radius 1 is 1.16 bits per heavy atom. The number of nitrogens with one attached hydrogen (secondary N) is 2. The quantitative estimate of drug-likeness (QED) is 0.113. The summed E-state index contributed by atoms with van der Waals surface area (Å²) in [4.78, 5) is 14.1. The van der Waals surface area contributed by atoms with E-state index < -0.39 is 24.6 Å². The van der Waals surface area contributed by atoms with E-state index in [1.54, 1.807) is 19.9 Å². The van der Waals surface area contributed by atoms with Crippen molar-refractivity contribution in [3.05, 3.63) is 70.5 Å². The molecular formula is C32H43FN3O5PS. The Labute approximate surface area is 259 Å². The number of halogens is 1. The summed E-state index contributed by atoms with van der Waals surface area (Å²) in [6.45, 7) is 11.8. The van der Waals surface area contributed by atoms with E-state index in [1.807, 2.05) is 6.92 Å². The average molecular weight is 632 g/mol. The number of rotatable bonds is 9. The fraction of sp³-hybridized carbons (Fsp3) is 0.531. The molecule has 0 bridgehead atoms. The fourth-order valence-corrected chi connectivity index (χ4v) is 9.18. The molecule has 1 fully saturated rings. The molecular weight excluding hydrogens is 588 g/mol. The smallest absolute Gasteiger partial charge is 0.357 e. The van der Waals surface area contributed by atoms with Gasteiger partial charge in [-0.2, -0.15) is 0 Å². The lowest BCUT2D eigenvalue weighted by molar-refractivity contribution is -0.136. The van der Waals surface area contributed by atoms with Gasteiger partial charge in [0.25, 0.3) is 0 Å². The highest BCUT2D eigenvalue weighted by Crippen LogP contribution is 2.60. The maximum atomic E-state index is 15.0. The SMILES string of the molecule is CCOP(=O)(OCC)C(NC(=S)NC(=O)[C@]1(C)CCC[C@]2(C)c3ccc(C(C)C)cc3/C(=N\O)C[C@@H]12)c1ccccc1F. The van der Waals surface area contributed by atoms with Crippen LogP contribution in [0.3, 0.4) is 0 Å². The second kappa shape index (κ2) is 13.1. The summed E-state index contributed by atoms with van der Waals surface area (Å²) in [5, 5.41) is 19.4. The van der Waals surface area contributed by atoms with Crippen LogP contribution >= 0.6 is 19.8 Å². The minimum atomic E-state index is -3.95. The summed E-state index contributed by atoms with van der Waals surface area (Å²) in [6.07, 6.45) is 2.73. The van der Waals surface area contributed by atoms with Gasteiger partial charge in [0.1, 0.15) is 5.82 Å². The van der Waals surface area contributed by atoms with Crippen molar-refractivity contribution in [3.63, 3.8) is 0 Å². The minimum absolute atomic E-state index is 0.0502. The molecule has 0 saturated heterocycles. The molecule has 43 heavy (non-hydrogen) atoms. The molecule has 0 aliphatic heterocycles. The monoisotopic (exact) mass is 631 g/mol. The molecule has 2 aliphatic rings. The Morgan fingerprint density at radius 3 is 2.44 bits per heavy atom. The normalized spacial score (nSPS) is 25.1. The number of oxime groups is 1. The highest BCUT2D eigenvalue weighted by Gasteiger charge is 2.56. The van der Waals surface area contributed by atoms with Crippen molar-refractivity contribution in [3.8, 4) is 0 Å². The van der Waals surface area contributed by atoms with Gasteiger partial charge in [0.15, 0.2) is 10.9 Å². The number of benzene rings is 2. The van der Waals surface area contributed by atoms with Crippen molar-refractivity contribution < 1.29 is 28.0 Å². The van der Waals surface area contributed by atoms with Gasteiger partial charge < -0.3 is 24.9 Å². The van der Waals surface area contributed by atoms with E-state index in [2.05, 4.69) is 54.8 Å². The molecule has 1 unspecified atom stereocenters. The van der Waals surface area contributed by atoms with E-state index in [-0.39, 0.29) is 41.1 Å². The van der Waals surface area contributed by atoms with E-state index in [0.29, 0.717) is 24.5 Å². The maximum absolute atomic E-state index is 15.0.